The van der Waals surface area contributed by atoms with Crippen molar-refractivity contribution in [3.63, 3.8) is 0 Å². The van der Waals surface area contributed by atoms with Gasteiger partial charge in [0, 0.05) is 12.2 Å². The number of aromatic nitrogens is 2. The Morgan fingerprint density at radius 2 is 2.33 bits per heavy atom. The van der Waals surface area contributed by atoms with Crippen LogP contribution < -0.4 is 5.32 Å². The molecule has 1 atom stereocenters. The van der Waals surface area contributed by atoms with Gasteiger partial charge in [0.25, 0.3) is 0 Å². The molecule has 0 amide bonds. The Hall–Kier alpha value is -1.22. The first kappa shape index (κ1) is 11.9. The van der Waals surface area contributed by atoms with Gasteiger partial charge >= 0.3 is 0 Å². The number of nitrogens with one attached hydrogen (secondary N) is 1. The van der Waals surface area contributed by atoms with E-state index in [4.69, 9.17) is 0 Å². The summed E-state index contributed by atoms with van der Waals surface area (Å²) in [6, 6.07) is 2.30. The second-order valence-electron chi connectivity index (χ2n) is 3.63. The van der Waals surface area contributed by atoms with Gasteiger partial charge < -0.3 is 5.32 Å². The largest absolute Gasteiger partial charge is 0.311 e. The van der Waals surface area contributed by atoms with Crippen molar-refractivity contribution in [2.24, 2.45) is 0 Å². The van der Waals surface area contributed by atoms with Gasteiger partial charge in [-0.1, -0.05) is 13.0 Å². The molecule has 15 heavy (non-hydrogen) atoms. The molecule has 3 heteroatoms. The summed E-state index contributed by atoms with van der Waals surface area (Å²) in [7, 11) is 0. The van der Waals surface area contributed by atoms with E-state index in [0.717, 1.165) is 24.5 Å². The van der Waals surface area contributed by atoms with Gasteiger partial charge in [0.15, 0.2) is 0 Å². The van der Waals surface area contributed by atoms with Crippen LogP contribution in [0.5, 0.6) is 0 Å². The van der Waals surface area contributed by atoms with E-state index in [-0.39, 0.29) is 0 Å². The third kappa shape index (κ3) is 4.70. The lowest BCUT2D eigenvalue weighted by Gasteiger charge is -2.07. The van der Waals surface area contributed by atoms with Crippen LogP contribution in [0.25, 0.3) is 6.08 Å². The normalized spacial score (nSPS) is 13.3. The van der Waals surface area contributed by atoms with Crippen molar-refractivity contribution < 1.29 is 0 Å². The monoisotopic (exact) mass is 205 g/mol. The molecule has 1 aromatic rings. The zero-order chi connectivity index (χ0) is 11.1. The van der Waals surface area contributed by atoms with Gasteiger partial charge in [0.1, 0.15) is 5.82 Å². The SMILES string of the molecule is CCCNC(C)/C=C/c1ccnc(C)n1. The van der Waals surface area contributed by atoms with E-state index in [0.29, 0.717) is 6.04 Å². The molecule has 0 aromatic carbocycles. The molecule has 0 saturated carbocycles. The van der Waals surface area contributed by atoms with Gasteiger partial charge in [-0.3, -0.25) is 0 Å². The van der Waals surface area contributed by atoms with Gasteiger partial charge in [0.05, 0.1) is 5.69 Å². The minimum atomic E-state index is 0.389. The Kier molecular flexibility index (Phi) is 4.98. The quantitative estimate of drug-likeness (QED) is 0.800. The van der Waals surface area contributed by atoms with Gasteiger partial charge in [-0.05, 0) is 39.0 Å². The van der Waals surface area contributed by atoms with Gasteiger partial charge in [-0.2, -0.15) is 0 Å². The first-order valence-electron chi connectivity index (χ1n) is 5.43. The van der Waals surface area contributed by atoms with Crippen LogP contribution in [-0.2, 0) is 0 Å². The number of hydrogen-bond donors (Lipinski definition) is 1. The summed E-state index contributed by atoms with van der Waals surface area (Å²) in [6.45, 7) is 7.25. The fraction of sp³-hybridized carbons (Fsp3) is 0.500. The van der Waals surface area contributed by atoms with Crippen LogP contribution in [-0.4, -0.2) is 22.6 Å². The van der Waals surface area contributed by atoms with Gasteiger partial charge in [0.2, 0.25) is 0 Å². The summed E-state index contributed by atoms with van der Waals surface area (Å²) in [6.07, 6.45) is 7.09. The molecule has 0 saturated heterocycles. The molecule has 0 aliphatic heterocycles. The topological polar surface area (TPSA) is 37.8 Å². The number of hydrogen-bond acceptors (Lipinski definition) is 3. The lowest BCUT2D eigenvalue weighted by molar-refractivity contribution is 0.625. The molecule has 1 unspecified atom stereocenters. The second-order valence-corrected chi connectivity index (χ2v) is 3.63. The highest BCUT2D eigenvalue weighted by Gasteiger charge is 1.94. The van der Waals surface area contributed by atoms with Crippen LogP contribution in [0, 0.1) is 6.92 Å². The molecule has 0 radical (unpaired) electrons. The molecule has 1 aromatic heterocycles. The molecule has 82 valence electrons. The van der Waals surface area contributed by atoms with Gasteiger partial charge in [-0.15, -0.1) is 0 Å². The maximum Gasteiger partial charge on any atom is 0.125 e. The van der Waals surface area contributed by atoms with Crippen LogP contribution in [0.3, 0.4) is 0 Å². The van der Waals surface area contributed by atoms with Crippen molar-refractivity contribution in [3.05, 3.63) is 29.9 Å². The highest BCUT2D eigenvalue weighted by atomic mass is 14.9. The Morgan fingerprint density at radius 3 is 3.00 bits per heavy atom. The molecular formula is C12H19N3. The van der Waals surface area contributed by atoms with Crippen LogP contribution in [0.1, 0.15) is 31.8 Å². The smallest absolute Gasteiger partial charge is 0.125 e. The number of aryl methyl sites for hydroxylation is 1. The molecule has 3 nitrogen and oxygen atoms in total. The van der Waals surface area contributed by atoms with E-state index in [1.54, 1.807) is 6.20 Å². The standard InChI is InChI=1S/C12H19N3/c1-4-8-13-10(2)5-6-12-7-9-14-11(3)15-12/h5-7,9-10,13H,4,8H2,1-3H3/b6-5+. The Labute approximate surface area is 91.7 Å². The van der Waals surface area contributed by atoms with Crippen LogP contribution in [0.15, 0.2) is 18.3 Å². The Morgan fingerprint density at radius 1 is 1.53 bits per heavy atom. The molecule has 1 rings (SSSR count). The number of nitrogens with zero attached hydrogens (tertiary/aromatic N) is 2. The fourth-order valence-corrected chi connectivity index (χ4v) is 1.25. The van der Waals surface area contributed by atoms with Crippen LogP contribution >= 0.6 is 0 Å². The summed E-state index contributed by atoms with van der Waals surface area (Å²) in [5.74, 6) is 0.811. The van der Waals surface area contributed by atoms with E-state index in [1.165, 1.54) is 0 Å². The summed E-state index contributed by atoms with van der Waals surface area (Å²) in [5.41, 5.74) is 0.965. The second kappa shape index (κ2) is 6.30. The van der Waals surface area contributed by atoms with Crippen molar-refractivity contribution in [2.45, 2.75) is 33.2 Å². The predicted octanol–water partition coefficient (Wildman–Crippen LogP) is 2.19. The third-order valence-corrected chi connectivity index (χ3v) is 2.07. The summed E-state index contributed by atoms with van der Waals surface area (Å²) in [4.78, 5) is 8.36. The molecule has 0 spiro atoms. The molecule has 0 aliphatic carbocycles. The fourth-order valence-electron chi connectivity index (χ4n) is 1.25. The molecule has 0 fully saturated rings. The van der Waals surface area contributed by atoms with Crippen molar-refractivity contribution >= 4 is 6.08 Å². The molecule has 1 N–H and O–H groups in total. The van der Waals surface area contributed by atoms with Crippen molar-refractivity contribution in [3.8, 4) is 0 Å². The highest BCUT2D eigenvalue weighted by molar-refractivity contribution is 5.44. The lowest BCUT2D eigenvalue weighted by Crippen LogP contribution is -2.24. The third-order valence-electron chi connectivity index (χ3n) is 2.07. The Bertz CT molecular complexity index is 320. The average molecular weight is 205 g/mol. The predicted molar refractivity (Wildman–Crippen MR) is 63.6 cm³/mol. The van der Waals surface area contributed by atoms with Crippen LogP contribution in [0.2, 0.25) is 0 Å². The van der Waals surface area contributed by atoms with E-state index >= 15 is 0 Å². The average Bonchev–Trinajstić information content (AvgIpc) is 2.23. The van der Waals surface area contributed by atoms with E-state index < -0.39 is 0 Å². The zero-order valence-corrected chi connectivity index (χ0v) is 9.70. The van der Waals surface area contributed by atoms with Crippen molar-refractivity contribution in [2.75, 3.05) is 6.54 Å². The zero-order valence-electron chi connectivity index (χ0n) is 9.70. The summed E-state index contributed by atoms with van der Waals surface area (Å²) >= 11 is 0. The van der Waals surface area contributed by atoms with E-state index in [1.807, 2.05) is 19.1 Å². The number of rotatable bonds is 5. The summed E-state index contributed by atoms with van der Waals surface area (Å²) < 4.78 is 0. The molecule has 0 bridgehead atoms. The van der Waals surface area contributed by atoms with Crippen LogP contribution in [0.4, 0.5) is 0 Å². The first-order valence-corrected chi connectivity index (χ1v) is 5.43. The Balaban J connectivity index is 2.49. The molecular weight excluding hydrogens is 186 g/mol. The maximum atomic E-state index is 4.30. The van der Waals surface area contributed by atoms with Crippen molar-refractivity contribution in [1.82, 2.24) is 15.3 Å². The first-order chi connectivity index (χ1) is 7.22. The molecule has 1 heterocycles. The lowest BCUT2D eigenvalue weighted by atomic mass is 10.2. The molecule has 0 aliphatic rings. The van der Waals surface area contributed by atoms with E-state index in [9.17, 15) is 0 Å². The highest BCUT2D eigenvalue weighted by Crippen LogP contribution is 1.99. The minimum Gasteiger partial charge on any atom is -0.311 e. The van der Waals surface area contributed by atoms with Gasteiger partial charge in [-0.25, -0.2) is 9.97 Å². The van der Waals surface area contributed by atoms with E-state index in [2.05, 4.69) is 35.2 Å². The minimum absolute atomic E-state index is 0.389. The maximum absolute atomic E-state index is 4.30. The van der Waals surface area contributed by atoms with Crippen molar-refractivity contribution in [1.29, 1.82) is 0 Å². The summed E-state index contributed by atoms with van der Waals surface area (Å²) in [5, 5.41) is 3.39.